The van der Waals surface area contributed by atoms with Gasteiger partial charge in [-0.25, -0.2) is 5.43 Å². The van der Waals surface area contributed by atoms with Crippen LogP contribution in [0.25, 0.3) is 0 Å². The van der Waals surface area contributed by atoms with Gasteiger partial charge >= 0.3 is 0 Å². The van der Waals surface area contributed by atoms with Gasteiger partial charge in [0.05, 0.1) is 26.0 Å². The molecule has 0 aliphatic carbocycles. The lowest BCUT2D eigenvalue weighted by Gasteiger charge is -2.06. The Morgan fingerprint density at radius 1 is 0.966 bits per heavy atom. The van der Waals surface area contributed by atoms with E-state index >= 15 is 0 Å². The highest BCUT2D eigenvalue weighted by molar-refractivity contribution is 5.96. The summed E-state index contributed by atoms with van der Waals surface area (Å²) in [4.78, 5) is 23.9. The summed E-state index contributed by atoms with van der Waals surface area (Å²) < 4.78 is 10.9. The fraction of sp³-hybridized carbons (Fsp3) is 0.318. The minimum Gasteiger partial charge on any atom is -0.494 e. The molecule has 0 aliphatic rings. The van der Waals surface area contributed by atoms with Crippen molar-refractivity contribution in [1.29, 1.82) is 0 Å². The number of amides is 2. The lowest BCUT2D eigenvalue weighted by molar-refractivity contribution is -0.120. The highest BCUT2D eigenvalue weighted by atomic mass is 16.5. The van der Waals surface area contributed by atoms with Crippen molar-refractivity contribution >= 4 is 18.0 Å². The molecule has 2 amide bonds. The van der Waals surface area contributed by atoms with E-state index in [1.54, 1.807) is 24.3 Å². The lowest BCUT2D eigenvalue weighted by atomic mass is 10.2. The van der Waals surface area contributed by atoms with E-state index in [0.29, 0.717) is 24.5 Å². The number of carbonyl (C=O) groups is 2. The van der Waals surface area contributed by atoms with E-state index in [1.807, 2.05) is 31.2 Å². The van der Waals surface area contributed by atoms with Crippen molar-refractivity contribution in [1.82, 2.24) is 10.7 Å². The molecule has 0 spiro atoms. The van der Waals surface area contributed by atoms with Crippen molar-refractivity contribution < 1.29 is 19.1 Å². The maximum absolute atomic E-state index is 12.1. The third-order valence-corrected chi connectivity index (χ3v) is 3.89. The van der Waals surface area contributed by atoms with Gasteiger partial charge in [0.2, 0.25) is 0 Å². The Hall–Kier alpha value is -3.35. The molecular weight excluding hydrogens is 370 g/mol. The second-order valence-corrected chi connectivity index (χ2v) is 6.20. The number of nitrogens with zero attached hydrogens (tertiary/aromatic N) is 1. The fourth-order valence-electron chi connectivity index (χ4n) is 2.33. The molecule has 0 aromatic heterocycles. The summed E-state index contributed by atoms with van der Waals surface area (Å²) in [5, 5.41) is 6.44. The molecule has 2 aromatic rings. The van der Waals surface area contributed by atoms with E-state index in [9.17, 15) is 9.59 Å². The first kappa shape index (κ1) is 21.9. The van der Waals surface area contributed by atoms with Crippen LogP contribution in [0.5, 0.6) is 11.5 Å². The van der Waals surface area contributed by atoms with Gasteiger partial charge in [0.1, 0.15) is 11.5 Å². The van der Waals surface area contributed by atoms with E-state index in [-0.39, 0.29) is 12.5 Å². The van der Waals surface area contributed by atoms with Crippen LogP contribution in [0, 0.1) is 0 Å². The first-order chi connectivity index (χ1) is 14.1. The van der Waals surface area contributed by atoms with E-state index in [4.69, 9.17) is 9.47 Å². The number of hydrogen-bond donors (Lipinski definition) is 2. The molecule has 7 heteroatoms. The standard InChI is InChI=1S/C22H27N3O4/c1-3-5-14-29-20-10-6-17(7-11-20)15-24-25-21(26)16-23-22(27)18-8-12-19(13-9-18)28-4-2/h6-13,15H,3-5,14,16H2,1-2H3,(H,23,27)(H,25,26). The van der Waals surface area contributed by atoms with Gasteiger partial charge in [-0.1, -0.05) is 13.3 Å². The summed E-state index contributed by atoms with van der Waals surface area (Å²) in [5.41, 5.74) is 3.66. The number of carbonyl (C=O) groups excluding carboxylic acids is 2. The fourth-order valence-corrected chi connectivity index (χ4v) is 2.33. The van der Waals surface area contributed by atoms with Gasteiger partial charge in [0.25, 0.3) is 11.8 Å². The minimum absolute atomic E-state index is 0.173. The average Bonchev–Trinajstić information content (AvgIpc) is 2.74. The van der Waals surface area contributed by atoms with Gasteiger partial charge in [-0.05, 0) is 67.4 Å². The first-order valence-corrected chi connectivity index (χ1v) is 9.68. The molecule has 0 bridgehead atoms. The molecule has 0 fully saturated rings. The van der Waals surface area contributed by atoms with Gasteiger partial charge in [-0.3, -0.25) is 9.59 Å². The van der Waals surface area contributed by atoms with Crippen LogP contribution >= 0.6 is 0 Å². The smallest absolute Gasteiger partial charge is 0.259 e. The molecule has 7 nitrogen and oxygen atoms in total. The summed E-state index contributed by atoms with van der Waals surface area (Å²) in [6.07, 6.45) is 3.64. The highest BCUT2D eigenvalue weighted by Gasteiger charge is 2.07. The summed E-state index contributed by atoms with van der Waals surface area (Å²) in [6, 6.07) is 14.1. The molecule has 29 heavy (non-hydrogen) atoms. The predicted octanol–water partition coefficient (Wildman–Crippen LogP) is 3.14. The molecule has 0 unspecified atom stereocenters. The number of rotatable bonds is 11. The van der Waals surface area contributed by atoms with Crippen LogP contribution in [0.1, 0.15) is 42.6 Å². The first-order valence-electron chi connectivity index (χ1n) is 9.68. The van der Waals surface area contributed by atoms with Gasteiger partial charge in [-0.2, -0.15) is 5.10 Å². The molecule has 0 saturated carbocycles. The van der Waals surface area contributed by atoms with Crippen molar-refractivity contribution in [3.05, 3.63) is 59.7 Å². The van der Waals surface area contributed by atoms with Crippen molar-refractivity contribution in [2.75, 3.05) is 19.8 Å². The Morgan fingerprint density at radius 3 is 2.28 bits per heavy atom. The zero-order chi connectivity index (χ0) is 20.9. The SMILES string of the molecule is CCCCOc1ccc(C=NNC(=O)CNC(=O)c2ccc(OCC)cc2)cc1. The van der Waals surface area contributed by atoms with Crippen LogP contribution in [0.4, 0.5) is 0 Å². The Balaban J connectivity index is 1.72. The number of benzene rings is 2. The van der Waals surface area contributed by atoms with E-state index in [1.165, 1.54) is 6.21 Å². The number of nitrogens with one attached hydrogen (secondary N) is 2. The zero-order valence-corrected chi connectivity index (χ0v) is 16.8. The quantitative estimate of drug-likeness (QED) is 0.346. The summed E-state index contributed by atoms with van der Waals surface area (Å²) in [6.45, 7) is 5.08. The van der Waals surface area contributed by atoms with Crippen LogP contribution < -0.4 is 20.2 Å². The molecule has 0 saturated heterocycles. The molecule has 2 N–H and O–H groups in total. The van der Waals surface area contributed by atoms with Crippen molar-refractivity contribution in [3.8, 4) is 11.5 Å². The largest absolute Gasteiger partial charge is 0.494 e. The molecule has 0 aliphatic heterocycles. The molecule has 2 aromatic carbocycles. The Morgan fingerprint density at radius 2 is 1.62 bits per heavy atom. The Labute approximate surface area is 171 Å². The van der Waals surface area contributed by atoms with Gasteiger partial charge in [-0.15, -0.1) is 0 Å². The van der Waals surface area contributed by atoms with Crippen molar-refractivity contribution in [3.63, 3.8) is 0 Å². The number of unbranched alkanes of at least 4 members (excludes halogenated alkanes) is 1. The summed E-state index contributed by atoms with van der Waals surface area (Å²) in [7, 11) is 0. The van der Waals surface area contributed by atoms with Crippen LogP contribution in [-0.2, 0) is 4.79 Å². The van der Waals surface area contributed by atoms with Gasteiger partial charge < -0.3 is 14.8 Å². The predicted molar refractivity (Wildman–Crippen MR) is 113 cm³/mol. The third kappa shape index (κ3) is 8.04. The third-order valence-electron chi connectivity index (χ3n) is 3.89. The highest BCUT2D eigenvalue weighted by Crippen LogP contribution is 2.12. The second kappa shape index (κ2) is 12.2. The topological polar surface area (TPSA) is 89.0 Å². The number of hydrazone groups is 1. The maximum Gasteiger partial charge on any atom is 0.259 e. The molecular formula is C22H27N3O4. The van der Waals surface area contributed by atoms with Gasteiger partial charge in [0.15, 0.2) is 0 Å². The number of ether oxygens (including phenoxy) is 2. The second-order valence-electron chi connectivity index (χ2n) is 6.20. The van der Waals surface area contributed by atoms with E-state index < -0.39 is 5.91 Å². The van der Waals surface area contributed by atoms with Crippen LogP contribution in [0.2, 0.25) is 0 Å². The molecule has 0 radical (unpaired) electrons. The maximum atomic E-state index is 12.1. The number of hydrogen-bond acceptors (Lipinski definition) is 5. The van der Waals surface area contributed by atoms with Crippen molar-refractivity contribution in [2.45, 2.75) is 26.7 Å². The zero-order valence-electron chi connectivity index (χ0n) is 16.8. The Kier molecular flexibility index (Phi) is 9.21. The average molecular weight is 397 g/mol. The molecule has 2 rings (SSSR count). The molecule has 0 atom stereocenters. The van der Waals surface area contributed by atoms with E-state index in [2.05, 4.69) is 22.8 Å². The van der Waals surface area contributed by atoms with Crippen LogP contribution in [-0.4, -0.2) is 37.8 Å². The normalized spacial score (nSPS) is 10.6. The summed E-state index contributed by atoms with van der Waals surface area (Å²) >= 11 is 0. The Bertz CT molecular complexity index is 802. The molecule has 0 heterocycles. The molecule has 154 valence electrons. The summed E-state index contributed by atoms with van der Waals surface area (Å²) in [5.74, 6) is 0.735. The van der Waals surface area contributed by atoms with Gasteiger partial charge in [0, 0.05) is 5.56 Å². The minimum atomic E-state index is -0.417. The van der Waals surface area contributed by atoms with Crippen LogP contribution in [0.15, 0.2) is 53.6 Å². The van der Waals surface area contributed by atoms with Crippen molar-refractivity contribution in [2.24, 2.45) is 5.10 Å². The van der Waals surface area contributed by atoms with E-state index in [0.717, 1.165) is 24.2 Å². The van der Waals surface area contributed by atoms with Crippen LogP contribution in [0.3, 0.4) is 0 Å². The lowest BCUT2D eigenvalue weighted by Crippen LogP contribution is -2.34. The monoisotopic (exact) mass is 397 g/mol.